The SMILES string of the molecule is C[C@@H]1[C@@H](C(N)=O)C(=O)OC1(C)C. The van der Waals surface area contributed by atoms with Gasteiger partial charge in [0.15, 0.2) is 0 Å². The number of rotatable bonds is 1. The van der Waals surface area contributed by atoms with Gasteiger partial charge in [0.1, 0.15) is 11.5 Å². The minimum absolute atomic E-state index is 0.150. The van der Waals surface area contributed by atoms with E-state index < -0.39 is 23.4 Å². The van der Waals surface area contributed by atoms with Gasteiger partial charge in [0.25, 0.3) is 0 Å². The molecule has 1 amide bonds. The van der Waals surface area contributed by atoms with Crippen LogP contribution < -0.4 is 5.73 Å². The highest BCUT2D eigenvalue weighted by atomic mass is 16.6. The van der Waals surface area contributed by atoms with Crippen molar-refractivity contribution in [3.05, 3.63) is 0 Å². The van der Waals surface area contributed by atoms with Crippen molar-refractivity contribution in [2.45, 2.75) is 26.4 Å². The predicted octanol–water partition coefficient (Wildman–Crippen LogP) is 0.0594. The van der Waals surface area contributed by atoms with E-state index in [9.17, 15) is 9.59 Å². The van der Waals surface area contributed by atoms with Crippen molar-refractivity contribution in [1.29, 1.82) is 0 Å². The van der Waals surface area contributed by atoms with Crippen molar-refractivity contribution in [2.24, 2.45) is 17.6 Å². The standard InChI is InChI=1S/C8H13NO3/c1-4-5(6(9)10)7(11)12-8(4,2)3/h4-5H,1-3H3,(H2,9,10)/t4-,5+/m1/s1. The first-order valence-corrected chi connectivity index (χ1v) is 3.88. The van der Waals surface area contributed by atoms with Crippen LogP contribution in [-0.4, -0.2) is 17.5 Å². The van der Waals surface area contributed by atoms with Crippen LogP contribution in [-0.2, 0) is 14.3 Å². The molecule has 0 radical (unpaired) electrons. The summed E-state index contributed by atoms with van der Waals surface area (Å²) >= 11 is 0. The zero-order valence-electron chi connectivity index (χ0n) is 7.46. The Kier molecular flexibility index (Phi) is 1.86. The molecule has 1 aliphatic rings. The third-order valence-corrected chi connectivity index (χ3v) is 2.52. The lowest BCUT2D eigenvalue weighted by atomic mass is 9.84. The summed E-state index contributed by atoms with van der Waals surface area (Å²) in [5.41, 5.74) is 4.49. The summed E-state index contributed by atoms with van der Waals surface area (Å²) in [7, 11) is 0. The Morgan fingerprint density at radius 1 is 1.58 bits per heavy atom. The number of carbonyl (C=O) groups excluding carboxylic acids is 2. The first kappa shape index (κ1) is 9.03. The predicted molar refractivity (Wildman–Crippen MR) is 42.0 cm³/mol. The highest BCUT2D eigenvalue weighted by molar-refractivity contribution is 5.98. The van der Waals surface area contributed by atoms with Gasteiger partial charge in [-0.2, -0.15) is 0 Å². The largest absolute Gasteiger partial charge is 0.459 e. The molecule has 1 rings (SSSR count). The molecule has 1 heterocycles. The van der Waals surface area contributed by atoms with Crippen molar-refractivity contribution < 1.29 is 14.3 Å². The third kappa shape index (κ3) is 1.17. The second-order valence-electron chi connectivity index (χ2n) is 3.69. The molecule has 1 fully saturated rings. The minimum Gasteiger partial charge on any atom is -0.459 e. The van der Waals surface area contributed by atoms with Crippen molar-refractivity contribution in [3.8, 4) is 0 Å². The second-order valence-corrected chi connectivity index (χ2v) is 3.69. The Morgan fingerprint density at radius 2 is 2.08 bits per heavy atom. The van der Waals surface area contributed by atoms with E-state index in [1.54, 1.807) is 20.8 Å². The summed E-state index contributed by atoms with van der Waals surface area (Å²) in [4.78, 5) is 22.0. The van der Waals surface area contributed by atoms with Crippen LogP contribution >= 0.6 is 0 Å². The van der Waals surface area contributed by atoms with Crippen molar-refractivity contribution in [2.75, 3.05) is 0 Å². The minimum atomic E-state index is -0.778. The van der Waals surface area contributed by atoms with E-state index in [0.717, 1.165) is 0 Å². The van der Waals surface area contributed by atoms with E-state index in [2.05, 4.69) is 0 Å². The van der Waals surface area contributed by atoms with Crippen LogP contribution in [0.15, 0.2) is 0 Å². The lowest BCUT2D eigenvalue weighted by Gasteiger charge is -2.21. The molecule has 68 valence electrons. The lowest BCUT2D eigenvalue weighted by Crippen LogP contribution is -2.34. The number of ether oxygens (including phenoxy) is 1. The highest BCUT2D eigenvalue weighted by Crippen LogP contribution is 2.36. The average molecular weight is 171 g/mol. The fraction of sp³-hybridized carbons (Fsp3) is 0.750. The molecule has 1 aliphatic heterocycles. The van der Waals surface area contributed by atoms with E-state index in [0.29, 0.717) is 0 Å². The molecule has 0 aromatic carbocycles. The van der Waals surface area contributed by atoms with E-state index >= 15 is 0 Å². The van der Waals surface area contributed by atoms with Gasteiger partial charge in [-0.15, -0.1) is 0 Å². The lowest BCUT2D eigenvalue weighted by molar-refractivity contribution is -0.150. The van der Waals surface area contributed by atoms with E-state index in [4.69, 9.17) is 10.5 Å². The molecular weight excluding hydrogens is 158 g/mol. The maximum absolute atomic E-state index is 11.1. The molecule has 0 aliphatic carbocycles. The molecule has 4 nitrogen and oxygen atoms in total. The first-order valence-electron chi connectivity index (χ1n) is 3.88. The molecule has 0 aromatic heterocycles. The van der Waals surface area contributed by atoms with Crippen LogP contribution in [0.3, 0.4) is 0 Å². The molecule has 12 heavy (non-hydrogen) atoms. The first-order chi connectivity index (χ1) is 5.36. The van der Waals surface area contributed by atoms with Gasteiger partial charge in [0, 0.05) is 5.92 Å². The monoisotopic (exact) mass is 171 g/mol. The summed E-state index contributed by atoms with van der Waals surface area (Å²) < 4.78 is 5.00. The van der Waals surface area contributed by atoms with E-state index in [1.807, 2.05) is 0 Å². The Labute approximate surface area is 71.1 Å². The normalized spacial score (nSPS) is 33.1. The van der Waals surface area contributed by atoms with Crippen LogP contribution in [0.5, 0.6) is 0 Å². The summed E-state index contributed by atoms with van der Waals surface area (Å²) in [6.45, 7) is 5.34. The summed E-state index contributed by atoms with van der Waals surface area (Å²) in [6, 6.07) is 0. The van der Waals surface area contributed by atoms with Crippen LogP contribution in [0.2, 0.25) is 0 Å². The Bertz CT molecular complexity index is 234. The van der Waals surface area contributed by atoms with Crippen molar-refractivity contribution in [1.82, 2.24) is 0 Å². The van der Waals surface area contributed by atoms with Crippen molar-refractivity contribution >= 4 is 11.9 Å². The number of hydrogen-bond donors (Lipinski definition) is 1. The third-order valence-electron chi connectivity index (χ3n) is 2.52. The van der Waals surface area contributed by atoms with Gasteiger partial charge in [-0.3, -0.25) is 9.59 Å². The van der Waals surface area contributed by atoms with Crippen LogP contribution in [0.1, 0.15) is 20.8 Å². The van der Waals surface area contributed by atoms with Crippen LogP contribution in [0.4, 0.5) is 0 Å². The van der Waals surface area contributed by atoms with E-state index in [-0.39, 0.29) is 5.92 Å². The highest BCUT2D eigenvalue weighted by Gasteiger charge is 2.49. The van der Waals surface area contributed by atoms with Gasteiger partial charge >= 0.3 is 5.97 Å². The molecule has 0 bridgehead atoms. The molecule has 0 unspecified atom stereocenters. The fourth-order valence-electron chi connectivity index (χ4n) is 1.38. The Morgan fingerprint density at radius 3 is 2.25 bits per heavy atom. The van der Waals surface area contributed by atoms with Crippen LogP contribution in [0, 0.1) is 11.8 Å². The molecule has 4 heteroatoms. The maximum Gasteiger partial charge on any atom is 0.319 e. The van der Waals surface area contributed by atoms with Gasteiger partial charge < -0.3 is 10.5 Å². The number of cyclic esters (lactones) is 1. The van der Waals surface area contributed by atoms with Gasteiger partial charge in [-0.1, -0.05) is 6.92 Å². The van der Waals surface area contributed by atoms with Gasteiger partial charge in [-0.05, 0) is 13.8 Å². The molecule has 1 saturated heterocycles. The van der Waals surface area contributed by atoms with Gasteiger partial charge in [-0.25, -0.2) is 0 Å². The fourth-order valence-corrected chi connectivity index (χ4v) is 1.38. The van der Waals surface area contributed by atoms with Gasteiger partial charge in [0.05, 0.1) is 0 Å². The van der Waals surface area contributed by atoms with Gasteiger partial charge in [0.2, 0.25) is 5.91 Å². The van der Waals surface area contributed by atoms with Crippen LogP contribution in [0.25, 0.3) is 0 Å². The molecule has 0 saturated carbocycles. The molecule has 2 N–H and O–H groups in total. The number of nitrogens with two attached hydrogens (primary N) is 1. The summed E-state index contributed by atoms with van der Waals surface area (Å²) in [5.74, 6) is -2.03. The summed E-state index contributed by atoms with van der Waals surface area (Å²) in [6.07, 6.45) is 0. The molecule has 2 atom stereocenters. The summed E-state index contributed by atoms with van der Waals surface area (Å²) in [5, 5.41) is 0. The zero-order chi connectivity index (χ0) is 9.52. The molecule has 0 aromatic rings. The topological polar surface area (TPSA) is 69.4 Å². The second kappa shape index (κ2) is 2.47. The number of primary amides is 1. The number of esters is 1. The Balaban J connectivity index is 2.92. The quantitative estimate of drug-likeness (QED) is 0.448. The smallest absolute Gasteiger partial charge is 0.319 e. The number of carbonyl (C=O) groups is 2. The zero-order valence-corrected chi connectivity index (χ0v) is 7.46. The molecular formula is C8H13NO3. The van der Waals surface area contributed by atoms with Crippen molar-refractivity contribution in [3.63, 3.8) is 0 Å². The maximum atomic E-state index is 11.1. The number of amides is 1. The van der Waals surface area contributed by atoms with E-state index in [1.165, 1.54) is 0 Å². The number of hydrogen-bond acceptors (Lipinski definition) is 3. The average Bonchev–Trinajstić information content (AvgIpc) is 2.02. The molecule has 0 spiro atoms. The Hall–Kier alpha value is -1.06.